The average Bonchev–Trinajstić information content (AvgIpc) is 2.64. The Labute approximate surface area is 124 Å². The van der Waals surface area contributed by atoms with Crippen molar-refractivity contribution in [3.8, 4) is 0 Å². The molecule has 0 radical (unpaired) electrons. The van der Waals surface area contributed by atoms with E-state index >= 15 is 0 Å². The third-order valence-electron chi connectivity index (χ3n) is 3.83. The molecule has 1 aromatic heterocycles. The Bertz CT molecular complexity index is 515. The molecule has 1 aliphatic heterocycles. The minimum atomic E-state index is -0.352. The molecule has 1 aromatic rings. The zero-order chi connectivity index (χ0) is 15.4. The van der Waals surface area contributed by atoms with Crippen LogP contribution in [-0.4, -0.2) is 52.8 Å². The predicted octanol–water partition coefficient (Wildman–Crippen LogP) is 0.156. The lowest BCUT2D eigenvalue weighted by Gasteiger charge is -2.21. The number of nitrogens with two attached hydrogens (primary N) is 1. The Hall–Kier alpha value is -1.95. The van der Waals surface area contributed by atoms with Gasteiger partial charge in [-0.2, -0.15) is 0 Å². The number of pyridine rings is 1. The van der Waals surface area contributed by atoms with Gasteiger partial charge in [0.25, 0.3) is 0 Å². The summed E-state index contributed by atoms with van der Waals surface area (Å²) in [6, 6.07) is 4.01. The van der Waals surface area contributed by atoms with Gasteiger partial charge in [0.15, 0.2) is 0 Å². The highest BCUT2D eigenvalue weighted by molar-refractivity contribution is 5.79. The quantitative estimate of drug-likeness (QED) is 0.860. The number of hydrogen-bond acceptors (Lipinski definition) is 4. The SMILES string of the molecule is CC(=O)N1CCN(Cc2ccc(C)nc2)C[C@@H](C(N)=O)C1. The molecule has 21 heavy (non-hydrogen) atoms. The van der Waals surface area contributed by atoms with Crippen LogP contribution in [0.3, 0.4) is 0 Å². The molecule has 0 unspecified atom stereocenters. The molecule has 2 heterocycles. The second kappa shape index (κ2) is 6.67. The molecule has 1 atom stereocenters. The normalized spacial score (nSPS) is 20.1. The maximum absolute atomic E-state index is 11.6. The second-order valence-corrected chi connectivity index (χ2v) is 5.61. The molecule has 0 bridgehead atoms. The van der Waals surface area contributed by atoms with Gasteiger partial charge in [-0.05, 0) is 18.6 Å². The van der Waals surface area contributed by atoms with E-state index in [1.165, 1.54) is 6.92 Å². The number of amides is 2. The van der Waals surface area contributed by atoms with Gasteiger partial charge in [-0.25, -0.2) is 0 Å². The van der Waals surface area contributed by atoms with Crippen LogP contribution in [0.1, 0.15) is 18.2 Å². The molecule has 114 valence electrons. The third kappa shape index (κ3) is 4.26. The Morgan fingerprint density at radius 3 is 2.67 bits per heavy atom. The van der Waals surface area contributed by atoms with Crippen LogP contribution in [0.5, 0.6) is 0 Å². The van der Waals surface area contributed by atoms with Gasteiger partial charge in [-0.15, -0.1) is 0 Å². The Balaban J connectivity index is 2.07. The topological polar surface area (TPSA) is 79.5 Å². The van der Waals surface area contributed by atoms with Crippen molar-refractivity contribution in [3.05, 3.63) is 29.6 Å². The molecular formula is C15H22N4O2. The molecule has 0 spiro atoms. The van der Waals surface area contributed by atoms with Gasteiger partial charge in [0, 0.05) is 51.5 Å². The molecular weight excluding hydrogens is 268 g/mol. The van der Waals surface area contributed by atoms with E-state index in [0.717, 1.165) is 17.8 Å². The summed E-state index contributed by atoms with van der Waals surface area (Å²) in [7, 11) is 0. The Morgan fingerprint density at radius 1 is 1.33 bits per heavy atom. The number of carbonyl (C=O) groups is 2. The van der Waals surface area contributed by atoms with E-state index in [9.17, 15) is 9.59 Å². The second-order valence-electron chi connectivity index (χ2n) is 5.61. The van der Waals surface area contributed by atoms with E-state index in [-0.39, 0.29) is 17.7 Å². The summed E-state index contributed by atoms with van der Waals surface area (Å²) in [6.45, 7) is 6.53. The first-order valence-electron chi connectivity index (χ1n) is 7.14. The first-order valence-corrected chi connectivity index (χ1v) is 7.14. The van der Waals surface area contributed by atoms with Crippen LogP contribution in [0, 0.1) is 12.8 Å². The molecule has 0 saturated carbocycles. The van der Waals surface area contributed by atoms with Crippen LogP contribution in [0.25, 0.3) is 0 Å². The number of aromatic nitrogens is 1. The van der Waals surface area contributed by atoms with Gasteiger partial charge in [0.05, 0.1) is 5.92 Å². The summed E-state index contributed by atoms with van der Waals surface area (Å²) >= 11 is 0. The lowest BCUT2D eigenvalue weighted by molar-refractivity contribution is -0.130. The lowest BCUT2D eigenvalue weighted by Crippen LogP contribution is -2.39. The molecule has 6 heteroatoms. The molecule has 2 amide bonds. The first-order chi connectivity index (χ1) is 9.95. The number of nitrogens with zero attached hydrogens (tertiary/aromatic N) is 3. The van der Waals surface area contributed by atoms with E-state index in [4.69, 9.17) is 5.73 Å². The van der Waals surface area contributed by atoms with Crippen molar-refractivity contribution in [2.75, 3.05) is 26.2 Å². The summed E-state index contributed by atoms with van der Waals surface area (Å²) in [4.78, 5) is 31.3. The van der Waals surface area contributed by atoms with E-state index in [0.29, 0.717) is 26.2 Å². The monoisotopic (exact) mass is 290 g/mol. The third-order valence-corrected chi connectivity index (χ3v) is 3.83. The summed E-state index contributed by atoms with van der Waals surface area (Å²) in [5.41, 5.74) is 7.53. The summed E-state index contributed by atoms with van der Waals surface area (Å²) in [5, 5.41) is 0. The van der Waals surface area contributed by atoms with E-state index in [1.54, 1.807) is 4.90 Å². The van der Waals surface area contributed by atoms with Gasteiger partial charge < -0.3 is 10.6 Å². The predicted molar refractivity (Wildman–Crippen MR) is 79.2 cm³/mol. The van der Waals surface area contributed by atoms with E-state index in [2.05, 4.69) is 9.88 Å². The maximum atomic E-state index is 11.6. The van der Waals surface area contributed by atoms with Crippen LogP contribution in [0.15, 0.2) is 18.3 Å². The van der Waals surface area contributed by atoms with Crippen molar-refractivity contribution in [1.82, 2.24) is 14.8 Å². The van der Waals surface area contributed by atoms with Gasteiger partial charge in [0.2, 0.25) is 11.8 Å². The smallest absolute Gasteiger partial charge is 0.223 e. The van der Waals surface area contributed by atoms with Gasteiger partial charge in [-0.1, -0.05) is 6.07 Å². The van der Waals surface area contributed by atoms with Crippen molar-refractivity contribution in [2.45, 2.75) is 20.4 Å². The van der Waals surface area contributed by atoms with Crippen LogP contribution >= 0.6 is 0 Å². The minimum Gasteiger partial charge on any atom is -0.369 e. The number of aryl methyl sites for hydroxylation is 1. The van der Waals surface area contributed by atoms with Crippen LogP contribution < -0.4 is 5.73 Å². The fourth-order valence-corrected chi connectivity index (χ4v) is 2.54. The Morgan fingerprint density at radius 2 is 2.10 bits per heavy atom. The molecule has 1 aliphatic rings. The molecule has 0 aliphatic carbocycles. The van der Waals surface area contributed by atoms with Crippen molar-refractivity contribution in [3.63, 3.8) is 0 Å². The van der Waals surface area contributed by atoms with Crippen LogP contribution in [0.4, 0.5) is 0 Å². The minimum absolute atomic E-state index is 0.0138. The molecule has 1 fully saturated rings. The number of primary amides is 1. The zero-order valence-electron chi connectivity index (χ0n) is 12.6. The number of carbonyl (C=O) groups excluding carboxylic acids is 2. The number of rotatable bonds is 3. The summed E-state index contributed by atoms with van der Waals surface area (Å²) in [6.07, 6.45) is 1.85. The number of hydrogen-bond donors (Lipinski definition) is 1. The maximum Gasteiger partial charge on any atom is 0.223 e. The van der Waals surface area contributed by atoms with Gasteiger partial charge in [-0.3, -0.25) is 19.5 Å². The molecule has 1 saturated heterocycles. The summed E-state index contributed by atoms with van der Waals surface area (Å²) < 4.78 is 0. The fourth-order valence-electron chi connectivity index (χ4n) is 2.54. The van der Waals surface area contributed by atoms with Gasteiger partial charge >= 0.3 is 0 Å². The van der Waals surface area contributed by atoms with Crippen molar-refractivity contribution < 1.29 is 9.59 Å². The van der Waals surface area contributed by atoms with Gasteiger partial charge in [0.1, 0.15) is 0 Å². The average molecular weight is 290 g/mol. The first kappa shape index (κ1) is 15.4. The standard InChI is InChI=1S/C15H22N4O2/c1-11-3-4-13(7-17-11)8-18-5-6-19(12(2)20)10-14(9-18)15(16)21/h3-4,7,14H,5-6,8-10H2,1-2H3,(H2,16,21)/t14-/m1/s1. The Kier molecular flexibility index (Phi) is 4.90. The molecule has 2 N–H and O–H groups in total. The van der Waals surface area contributed by atoms with Crippen molar-refractivity contribution >= 4 is 11.8 Å². The highest BCUT2D eigenvalue weighted by Gasteiger charge is 2.27. The van der Waals surface area contributed by atoms with E-state index in [1.807, 2.05) is 25.3 Å². The molecule has 2 rings (SSSR count). The van der Waals surface area contributed by atoms with E-state index < -0.39 is 0 Å². The van der Waals surface area contributed by atoms with Crippen LogP contribution in [0.2, 0.25) is 0 Å². The van der Waals surface area contributed by atoms with Crippen molar-refractivity contribution in [2.24, 2.45) is 11.7 Å². The fraction of sp³-hybridized carbons (Fsp3) is 0.533. The van der Waals surface area contributed by atoms with Crippen LogP contribution in [-0.2, 0) is 16.1 Å². The largest absolute Gasteiger partial charge is 0.369 e. The highest BCUT2D eigenvalue weighted by Crippen LogP contribution is 2.13. The summed E-state index contributed by atoms with van der Waals surface area (Å²) in [5.74, 6) is -0.690. The lowest BCUT2D eigenvalue weighted by atomic mass is 10.1. The zero-order valence-corrected chi connectivity index (χ0v) is 12.6. The molecule has 6 nitrogen and oxygen atoms in total. The molecule has 0 aromatic carbocycles. The highest BCUT2D eigenvalue weighted by atomic mass is 16.2. The van der Waals surface area contributed by atoms with Crippen molar-refractivity contribution in [1.29, 1.82) is 0 Å².